The summed E-state index contributed by atoms with van der Waals surface area (Å²) in [6.45, 7) is 0. The van der Waals surface area contributed by atoms with Crippen LogP contribution in [0.3, 0.4) is 0 Å². The van der Waals surface area contributed by atoms with Crippen LogP contribution in [0.1, 0.15) is 0 Å². The molecule has 0 bridgehead atoms. The third-order valence-electron chi connectivity index (χ3n) is 3.34. The van der Waals surface area contributed by atoms with E-state index in [-0.39, 0.29) is 22.1 Å². The molecule has 24 heavy (non-hydrogen) atoms. The van der Waals surface area contributed by atoms with Gasteiger partial charge >= 0.3 is 0 Å². The van der Waals surface area contributed by atoms with Gasteiger partial charge in [0.1, 0.15) is 22.0 Å². The molecule has 0 radical (unpaired) electrons. The molecule has 8 heteroatoms. The zero-order chi connectivity index (χ0) is 17.3. The van der Waals surface area contributed by atoms with Crippen molar-refractivity contribution in [2.45, 2.75) is 4.90 Å². The Morgan fingerprint density at radius 2 is 1.67 bits per heavy atom. The van der Waals surface area contributed by atoms with Crippen LogP contribution in [-0.4, -0.2) is 18.1 Å². The molecule has 0 aromatic heterocycles. The van der Waals surface area contributed by atoms with Gasteiger partial charge in [-0.1, -0.05) is 48.0 Å². The molecule has 0 amide bonds. The van der Waals surface area contributed by atoms with Gasteiger partial charge in [-0.2, -0.15) is 8.42 Å². The Morgan fingerprint density at radius 3 is 2.42 bits per heavy atom. The SMILES string of the molecule is O=S(=O)(O)c1c(Cl)cccc1N=Nc1c(O)ccc2ccccc12. The fourth-order valence-corrected chi connectivity index (χ4v) is 3.43. The Bertz CT molecular complexity index is 1060. The van der Waals surface area contributed by atoms with E-state index in [1.165, 1.54) is 24.3 Å². The van der Waals surface area contributed by atoms with Crippen molar-refractivity contribution in [3.05, 3.63) is 59.6 Å². The molecule has 0 aliphatic rings. The molecule has 0 fully saturated rings. The first-order chi connectivity index (χ1) is 11.4. The Balaban J connectivity index is 2.18. The second-order valence-corrected chi connectivity index (χ2v) is 6.68. The summed E-state index contributed by atoms with van der Waals surface area (Å²) in [5.41, 5.74) is 0.0618. The summed E-state index contributed by atoms with van der Waals surface area (Å²) in [5.74, 6) is -0.104. The number of hydrogen-bond donors (Lipinski definition) is 2. The lowest BCUT2D eigenvalue weighted by Crippen LogP contribution is -1.99. The first-order valence-electron chi connectivity index (χ1n) is 6.76. The highest BCUT2D eigenvalue weighted by Gasteiger charge is 2.19. The fourth-order valence-electron chi connectivity index (χ4n) is 2.28. The van der Waals surface area contributed by atoms with E-state index in [9.17, 15) is 18.1 Å². The van der Waals surface area contributed by atoms with Gasteiger partial charge in [0.05, 0.1) is 5.02 Å². The summed E-state index contributed by atoms with van der Waals surface area (Å²) < 4.78 is 32.3. The van der Waals surface area contributed by atoms with Crippen molar-refractivity contribution in [1.29, 1.82) is 0 Å². The number of phenolic OH excluding ortho intramolecular Hbond substituents is 1. The van der Waals surface area contributed by atoms with E-state index in [1.54, 1.807) is 18.2 Å². The summed E-state index contributed by atoms with van der Waals surface area (Å²) in [6.07, 6.45) is 0. The highest BCUT2D eigenvalue weighted by Crippen LogP contribution is 2.37. The van der Waals surface area contributed by atoms with Gasteiger partial charge in [-0.15, -0.1) is 10.2 Å². The number of halogens is 1. The molecule has 2 N–H and O–H groups in total. The standard InChI is InChI=1S/C16H11ClN2O4S/c17-12-6-3-7-13(16(12)24(21,22)23)18-19-15-11-5-2-1-4-10(11)8-9-14(15)20/h1-9,20H,(H,21,22,23). The second-order valence-electron chi connectivity index (χ2n) is 4.92. The topological polar surface area (TPSA) is 99.3 Å². The normalized spacial score (nSPS) is 12.1. The van der Waals surface area contributed by atoms with Crippen LogP contribution in [-0.2, 0) is 10.1 Å². The minimum Gasteiger partial charge on any atom is -0.506 e. The van der Waals surface area contributed by atoms with Crippen molar-refractivity contribution in [3.63, 3.8) is 0 Å². The molecular weight excluding hydrogens is 352 g/mol. The van der Waals surface area contributed by atoms with E-state index in [0.717, 1.165) is 5.39 Å². The molecule has 0 spiro atoms. The smallest absolute Gasteiger partial charge is 0.298 e. The van der Waals surface area contributed by atoms with E-state index in [1.807, 2.05) is 12.1 Å². The van der Waals surface area contributed by atoms with E-state index in [0.29, 0.717) is 5.39 Å². The number of benzene rings is 3. The molecule has 6 nitrogen and oxygen atoms in total. The largest absolute Gasteiger partial charge is 0.506 e. The lowest BCUT2D eigenvalue weighted by molar-refractivity contribution is 0.477. The lowest BCUT2D eigenvalue weighted by Gasteiger charge is -2.05. The summed E-state index contributed by atoms with van der Waals surface area (Å²) in [4.78, 5) is -0.532. The van der Waals surface area contributed by atoms with Crippen LogP contribution in [0, 0.1) is 0 Å². The summed E-state index contributed by atoms with van der Waals surface area (Å²) in [7, 11) is -4.57. The van der Waals surface area contributed by atoms with Gasteiger partial charge in [0.15, 0.2) is 0 Å². The molecule has 0 saturated heterocycles. The van der Waals surface area contributed by atoms with Gasteiger partial charge in [0.2, 0.25) is 0 Å². The molecule has 0 aliphatic heterocycles. The van der Waals surface area contributed by atoms with E-state index >= 15 is 0 Å². The molecular formula is C16H11ClN2O4S. The molecule has 122 valence electrons. The zero-order valence-electron chi connectivity index (χ0n) is 12.1. The first-order valence-corrected chi connectivity index (χ1v) is 8.58. The lowest BCUT2D eigenvalue weighted by atomic mass is 10.1. The van der Waals surface area contributed by atoms with Crippen LogP contribution >= 0.6 is 11.6 Å². The number of fused-ring (bicyclic) bond motifs is 1. The Hall–Kier alpha value is -2.48. The number of phenols is 1. The number of rotatable bonds is 3. The highest BCUT2D eigenvalue weighted by atomic mass is 35.5. The molecule has 0 unspecified atom stereocenters. The molecule has 3 aromatic rings. The van der Waals surface area contributed by atoms with Crippen LogP contribution in [0.2, 0.25) is 5.02 Å². The minimum atomic E-state index is -4.57. The van der Waals surface area contributed by atoms with Crippen LogP contribution < -0.4 is 0 Å². The van der Waals surface area contributed by atoms with E-state index < -0.39 is 15.0 Å². The van der Waals surface area contributed by atoms with Crippen molar-refractivity contribution >= 4 is 43.9 Å². The van der Waals surface area contributed by atoms with Crippen molar-refractivity contribution in [2.75, 3.05) is 0 Å². The maximum Gasteiger partial charge on any atom is 0.298 e. The van der Waals surface area contributed by atoms with E-state index in [2.05, 4.69) is 10.2 Å². The average molecular weight is 363 g/mol. The summed E-state index contributed by atoms with van der Waals surface area (Å²) in [5, 5.41) is 19.2. The minimum absolute atomic E-state index is 0.104. The van der Waals surface area contributed by atoms with Crippen LogP contribution in [0.25, 0.3) is 10.8 Å². The monoisotopic (exact) mass is 362 g/mol. The zero-order valence-corrected chi connectivity index (χ0v) is 13.7. The van der Waals surface area contributed by atoms with Gasteiger partial charge in [-0.3, -0.25) is 4.55 Å². The highest BCUT2D eigenvalue weighted by molar-refractivity contribution is 7.86. The summed E-state index contributed by atoms with van der Waals surface area (Å²) >= 11 is 5.83. The number of hydrogen-bond acceptors (Lipinski definition) is 5. The van der Waals surface area contributed by atoms with Gasteiger partial charge in [-0.05, 0) is 23.6 Å². The maximum atomic E-state index is 11.5. The Morgan fingerprint density at radius 1 is 0.917 bits per heavy atom. The Kier molecular flexibility index (Phi) is 4.23. The molecule has 0 aliphatic carbocycles. The van der Waals surface area contributed by atoms with Crippen LogP contribution in [0.5, 0.6) is 5.75 Å². The number of aromatic hydroxyl groups is 1. The maximum absolute atomic E-state index is 11.5. The van der Waals surface area contributed by atoms with Crippen molar-refractivity contribution in [3.8, 4) is 5.75 Å². The van der Waals surface area contributed by atoms with Crippen molar-refractivity contribution < 1.29 is 18.1 Å². The third-order valence-corrected chi connectivity index (χ3v) is 4.71. The van der Waals surface area contributed by atoms with Crippen LogP contribution in [0.4, 0.5) is 11.4 Å². The fraction of sp³-hybridized carbons (Fsp3) is 0. The van der Waals surface area contributed by atoms with Gasteiger partial charge < -0.3 is 5.11 Å². The molecule has 0 heterocycles. The predicted molar refractivity (Wildman–Crippen MR) is 91.1 cm³/mol. The van der Waals surface area contributed by atoms with Crippen molar-refractivity contribution in [2.24, 2.45) is 10.2 Å². The second kappa shape index (κ2) is 6.20. The van der Waals surface area contributed by atoms with Gasteiger partial charge in [0.25, 0.3) is 10.1 Å². The van der Waals surface area contributed by atoms with E-state index in [4.69, 9.17) is 11.6 Å². The molecule has 0 atom stereocenters. The predicted octanol–water partition coefficient (Wildman–Crippen LogP) is 4.86. The van der Waals surface area contributed by atoms with Gasteiger partial charge in [-0.25, -0.2) is 0 Å². The summed E-state index contributed by atoms with van der Waals surface area (Å²) in [6, 6.07) is 14.6. The third kappa shape index (κ3) is 3.09. The van der Waals surface area contributed by atoms with Crippen LogP contribution in [0.15, 0.2) is 69.7 Å². The molecule has 3 rings (SSSR count). The molecule has 0 saturated carbocycles. The average Bonchev–Trinajstić information content (AvgIpc) is 2.52. The molecule has 3 aromatic carbocycles. The van der Waals surface area contributed by atoms with Gasteiger partial charge in [0, 0.05) is 5.39 Å². The number of azo groups is 1. The Labute approximate surface area is 142 Å². The van der Waals surface area contributed by atoms with Crippen molar-refractivity contribution in [1.82, 2.24) is 0 Å². The number of nitrogens with zero attached hydrogens (tertiary/aromatic N) is 2. The quantitative estimate of drug-likeness (QED) is 0.513. The first kappa shape index (κ1) is 16.4.